The molecule has 0 amide bonds. The van der Waals surface area contributed by atoms with Crippen LogP contribution in [0.2, 0.25) is 0 Å². The van der Waals surface area contributed by atoms with Crippen molar-refractivity contribution in [2.45, 2.75) is 24.8 Å². The van der Waals surface area contributed by atoms with Gasteiger partial charge in [-0.1, -0.05) is 19.9 Å². The molecule has 0 aromatic carbocycles. The molecule has 0 bridgehead atoms. The lowest BCUT2D eigenvalue weighted by molar-refractivity contribution is 0.440. The summed E-state index contributed by atoms with van der Waals surface area (Å²) in [5.41, 5.74) is -0.919. The fourth-order valence-corrected chi connectivity index (χ4v) is 4.25. The van der Waals surface area contributed by atoms with E-state index in [-0.39, 0.29) is 5.92 Å². The number of pyridine rings is 1. The summed E-state index contributed by atoms with van der Waals surface area (Å²) in [6, 6.07) is 4.62. The molecule has 0 aliphatic heterocycles. The van der Waals surface area contributed by atoms with Crippen LogP contribution in [0.15, 0.2) is 45.1 Å². The highest BCUT2D eigenvalue weighted by atomic mass is 32.2. The molecule has 0 radical (unpaired) electrons. The van der Waals surface area contributed by atoms with Crippen molar-refractivity contribution in [3.8, 4) is 0 Å². The predicted octanol–water partition coefficient (Wildman–Crippen LogP) is -0.198. The van der Waals surface area contributed by atoms with E-state index >= 15 is 0 Å². The van der Waals surface area contributed by atoms with Crippen molar-refractivity contribution in [3.05, 3.63) is 57.3 Å². The van der Waals surface area contributed by atoms with E-state index in [0.717, 1.165) is 15.3 Å². The van der Waals surface area contributed by atoms with Crippen molar-refractivity contribution >= 4 is 15.7 Å². The third-order valence-corrected chi connectivity index (χ3v) is 5.69. The summed E-state index contributed by atoms with van der Waals surface area (Å²) in [5, 5.41) is 8.16. The van der Waals surface area contributed by atoms with Crippen molar-refractivity contribution < 1.29 is 8.42 Å². The Morgan fingerprint density at radius 2 is 1.81 bits per heavy atom. The molecule has 11 heteroatoms. The third-order valence-electron chi connectivity index (χ3n) is 4.27. The number of hydrogen-bond acceptors (Lipinski definition) is 6. The van der Waals surface area contributed by atoms with Crippen LogP contribution in [-0.2, 0) is 24.1 Å². The van der Waals surface area contributed by atoms with E-state index in [9.17, 15) is 18.0 Å². The predicted molar refractivity (Wildman–Crippen MR) is 97.8 cm³/mol. The van der Waals surface area contributed by atoms with Gasteiger partial charge in [-0.15, -0.1) is 10.2 Å². The summed E-state index contributed by atoms with van der Waals surface area (Å²) in [7, 11) is -1.60. The Labute approximate surface area is 155 Å². The molecule has 0 aliphatic rings. The summed E-state index contributed by atoms with van der Waals surface area (Å²) < 4.78 is 31.9. The number of fused-ring (bicyclic) bond motifs is 1. The van der Waals surface area contributed by atoms with Gasteiger partial charge in [-0.25, -0.2) is 13.2 Å². The van der Waals surface area contributed by atoms with Gasteiger partial charge >= 0.3 is 5.69 Å². The summed E-state index contributed by atoms with van der Waals surface area (Å²) >= 11 is 0. The third kappa shape index (κ3) is 3.30. The number of aromatic nitrogens is 5. The molecule has 3 heterocycles. The maximum absolute atomic E-state index is 12.9. The highest BCUT2D eigenvalue weighted by Gasteiger charge is 2.30. The van der Waals surface area contributed by atoms with Crippen molar-refractivity contribution in [1.82, 2.24) is 28.5 Å². The van der Waals surface area contributed by atoms with Crippen LogP contribution >= 0.6 is 0 Å². The van der Waals surface area contributed by atoms with Gasteiger partial charge in [-0.05, 0) is 18.1 Å². The average molecular weight is 392 g/mol. The van der Waals surface area contributed by atoms with Crippen LogP contribution < -0.4 is 16.0 Å². The first kappa shape index (κ1) is 19.0. The smallest absolute Gasteiger partial charge is 0.302 e. The van der Waals surface area contributed by atoms with Crippen molar-refractivity contribution in [3.63, 3.8) is 0 Å². The Hall–Kier alpha value is -2.79. The minimum atomic E-state index is -4.22. The van der Waals surface area contributed by atoms with Crippen LogP contribution in [0.1, 0.15) is 25.7 Å². The molecular formula is C16H20N6O4S. The minimum Gasteiger partial charge on any atom is -0.302 e. The van der Waals surface area contributed by atoms with Crippen LogP contribution in [0.4, 0.5) is 0 Å². The minimum absolute atomic E-state index is 0.177. The number of nitrogens with one attached hydrogen (secondary N) is 1. The lowest BCUT2D eigenvalue weighted by Crippen LogP contribution is -2.42. The van der Waals surface area contributed by atoms with Gasteiger partial charge in [0.25, 0.3) is 5.56 Å². The van der Waals surface area contributed by atoms with Crippen LogP contribution in [0.5, 0.6) is 0 Å². The van der Waals surface area contributed by atoms with Gasteiger partial charge in [0.2, 0.25) is 10.0 Å². The highest BCUT2D eigenvalue weighted by Crippen LogP contribution is 2.22. The van der Waals surface area contributed by atoms with Crippen molar-refractivity contribution in [1.29, 1.82) is 0 Å². The molecule has 0 fully saturated rings. The number of nitrogens with zero attached hydrogens (tertiary/aromatic N) is 5. The molecule has 0 spiro atoms. The molecular weight excluding hydrogens is 372 g/mol. The Morgan fingerprint density at radius 3 is 2.48 bits per heavy atom. The fraction of sp³-hybridized carbons (Fsp3) is 0.375. The van der Waals surface area contributed by atoms with E-state index in [1.165, 1.54) is 14.1 Å². The first-order chi connectivity index (χ1) is 12.6. The molecule has 27 heavy (non-hydrogen) atoms. The van der Waals surface area contributed by atoms with Gasteiger partial charge in [-0.3, -0.25) is 13.8 Å². The van der Waals surface area contributed by atoms with Crippen LogP contribution in [-0.4, -0.2) is 32.2 Å². The Kier molecular flexibility index (Phi) is 4.74. The van der Waals surface area contributed by atoms with E-state index < -0.39 is 32.2 Å². The first-order valence-electron chi connectivity index (χ1n) is 8.22. The second kappa shape index (κ2) is 6.74. The summed E-state index contributed by atoms with van der Waals surface area (Å²) in [6.45, 7) is 3.66. The number of rotatable bonds is 5. The zero-order valence-electron chi connectivity index (χ0n) is 15.3. The summed E-state index contributed by atoms with van der Waals surface area (Å²) in [4.78, 5) is 23.6. The van der Waals surface area contributed by atoms with E-state index in [4.69, 9.17) is 0 Å². The SMILES string of the molecule is CC(C)[C@H](NS(=O)(=O)c1cn(C)c(=O)n(C)c1=O)c1nnc2ccccn12. The van der Waals surface area contributed by atoms with Gasteiger partial charge in [0.15, 0.2) is 16.4 Å². The Bertz CT molecular complexity index is 1220. The summed E-state index contributed by atoms with van der Waals surface area (Å²) in [5.74, 6) is 0.231. The number of hydrogen-bond donors (Lipinski definition) is 1. The van der Waals surface area contributed by atoms with Gasteiger partial charge < -0.3 is 4.57 Å². The molecule has 0 saturated heterocycles. The lowest BCUT2D eigenvalue weighted by atomic mass is 10.1. The van der Waals surface area contributed by atoms with Crippen LogP contribution in [0, 0.1) is 5.92 Å². The molecule has 0 saturated carbocycles. The largest absolute Gasteiger partial charge is 0.330 e. The van der Waals surface area contributed by atoms with Crippen molar-refractivity contribution in [2.24, 2.45) is 20.0 Å². The topological polar surface area (TPSA) is 120 Å². The van der Waals surface area contributed by atoms with E-state index in [1.807, 2.05) is 13.8 Å². The monoisotopic (exact) mass is 392 g/mol. The molecule has 3 rings (SSSR count). The van der Waals surface area contributed by atoms with Gasteiger partial charge in [0.05, 0.1) is 6.04 Å². The number of aryl methyl sites for hydroxylation is 1. The molecule has 1 atom stereocenters. The Balaban J connectivity index is 2.10. The van der Waals surface area contributed by atoms with E-state index in [1.54, 1.807) is 28.8 Å². The molecule has 10 nitrogen and oxygen atoms in total. The maximum atomic E-state index is 12.9. The molecule has 1 N–H and O–H groups in total. The normalized spacial score (nSPS) is 13.4. The lowest BCUT2D eigenvalue weighted by Gasteiger charge is -2.21. The van der Waals surface area contributed by atoms with Crippen LogP contribution in [0.25, 0.3) is 5.65 Å². The maximum Gasteiger partial charge on any atom is 0.330 e. The molecule has 0 unspecified atom stereocenters. The van der Waals surface area contributed by atoms with E-state index in [0.29, 0.717) is 11.5 Å². The second-order valence-electron chi connectivity index (χ2n) is 6.58. The molecule has 144 valence electrons. The standard InChI is InChI=1S/C16H20N6O4S/c1-10(2)13(14-18-17-12-7-5-6-8-22(12)14)19-27(25,26)11-9-20(3)16(24)21(4)15(11)23/h5-10,13,19H,1-4H3/t13-/m0/s1. The second-order valence-corrected chi connectivity index (χ2v) is 8.26. The first-order valence-corrected chi connectivity index (χ1v) is 9.70. The van der Waals surface area contributed by atoms with Gasteiger partial charge in [0, 0.05) is 26.5 Å². The molecule has 3 aromatic heterocycles. The van der Waals surface area contributed by atoms with Crippen molar-refractivity contribution in [2.75, 3.05) is 0 Å². The van der Waals surface area contributed by atoms with Gasteiger partial charge in [0.1, 0.15) is 0 Å². The molecule has 0 aliphatic carbocycles. The van der Waals surface area contributed by atoms with Gasteiger partial charge in [-0.2, -0.15) is 4.72 Å². The highest BCUT2D eigenvalue weighted by molar-refractivity contribution is 7.89. The fourth-order valence-electron chi connectivity index (χ4n) is 2.75. The van der Waals surface area contributed by atoms with E-state index in [2.05, 4.69) is 14.9 Å². The van der Waals surface area contributed by atoms with Crippen LogP contribution in [0.3, 0.4) is 0 Å². The Morgan fingerprint density at radius 1 is 1.11 bits per heavy atom. The number of sulfonamides is 1. The summed E-state index contributed by atoms with van der Waals surface area (Å²) in [6.07, 6.45) is 2.76. The zero-order valence-corrected chi connectivity index (χ0v) is 16.1. The quantitative estimate of drug-likeness (QED) is 0.642. The molecule has 3 aromatic rings. The average Bonchev–Trinajstić information content (AvgIpc) is 3.04. The zero-order chi connectivity index (χ0) is 19.9.